The van der Waals surface area contributed by atoms with Crippen LogP contribution < -0.4 is 10.6 Å². The molecule has 29 heavy (non-hydrogen) atoms. The van der Waals surface area contributed by atoms with Crippen molar-refractivity contribution in [3.63, 3.8) is 0 Å². The fourth-order valence-electron chi connectivity index (χ4n) is 3.25. The topological polar surface area (TPSA) is 76.0 Å². The van der Waals surface area contributed by atoms with E-state index in [0.29, 0.717) is 33.9 Å². The Labute approximate surface area is 169 Å². The maximum atomic E-state index is 14.0. The normalized spacial score (nSPS) is 14.4. The van der Waals surface area contributed by atoms with Crippen LogP contribution in [0.4, 0.5) is 13.9 Å². The molecule has 0 radical (unpaired) electrons. The number of aryl methyl sites for hydroxylation is 2. The Bertz CT molecular complexity index is 1090. The number of hydrogen-bond acceptors (Lipinski definition) is 4. The number of amides is 2. The summed E-state index contributed by atoms with van der Waals surface area (Å²) in [5, 5.41) is 7.19. The van der Waals surface area contributed by atoms with Crippen LogP contribution in [0.1, 0.15) is 27.9 Å². The van der Waals surface area contributed by atoms with Crippen LogP contribution in [0.2, 0.25) is 0 Å². The summed E-state index contributed by atoms with van der Waals surface area (Å²) in [7, 11) is 1.80. The number of alkyl halides is 2. The molecule has 1 aliphatic carbocycles. The predicted molar refractivity (Wildman–Crippen MR) is 106 cm³/mol. The van der Waals surface area contributed by atoms with Gasteiger partial charge in [0, 0.05) is 42.4 Å². The summed E-state index contributed by atoms with van der Waals surface area (Å²) >= 11 is 1.19. The Balaban J connectivity index is 1.38. The van der Waals surface area contributed by atoms with Crippen molar-refractivity contribution in [1.29, 1.82) is 0 Å². The Morgan fingerprint density at radius 3 is 2.90 bits per heavy atom. The van der Waals surface area contributed by atoms with E-state index in [9.17, 15) is 18.4 Å². The van der Waals surface area contributed by atoms with E-state index in [0.717, 1.165) is 0 Å². The molecule has 150 valence electrons. The largest absolute Gasteiger partial charge is 0.356 e. The van der Waals surface area contributed by atoms with E-state index in [1.807, 2.05) is 0 Å². The van der Waals surface area contributed by atoms with Crippen LogP contribution in [-0.4, -0.2) is 27.9 Å². The van der Waals surface area contributed by atoms with Crippen molar-refractivity contribution in [3.05, 3.63) is 58.7 Å². The molecule has 0 saturated heterocycles. The van der Waals surface area contributed by atoms with Crippen LogP contribution in [0, 0.1) is 0 Å². The van der Waals surface area contributed by atoms with Crippen molar-refractivity contribution < 1.29 is 18.4 Å². The summed E-state index contributed by atoms with van der Waals surface area (Å²) in [6.45, 7) is -0.201. The van der Waals surface area contributed by atoms with Crippen molar-refractivity contribution >= 4 is 28.3 Å². The smallest absolute Gasteiger partial charge is 0.273 e. The Morgan fingerprint density at radius 2 is 2.14 bits per heavy atom. The van der Waals surface area contributed by atoms with Crippen LogP contribution in [0.3, 0.4) is 0 Å². The molecule has 3 aromatic rings. The number of carbonyl (C=O) groups is 2. The second-order valence-electron chi connectivity index (χ2n) is 6.91. The molecule has 0 atom stereocenters. The Kier molecular flexibility index (Phi) is 4.91. The van der Waals surface area contributed by atoms with Gasteiger partial charge in [0.15, 0.2) is 5.13 Å². The summed E-state index contributed by atoms with van der Waals surface area (Å²) in [4.78, 5) is 28.4. The minimum absolute atomic E-state index is 0.0530. The van der Waals surface area contributed by atoms with Crippen molar-refractivity contribution in [2.75, 3.05) is 11.9 Å². The number of aromatic nitrogens is 2. The third-order valence-electron chi connectivity index (χ3n) is 4.76. The molecule has 2 heterocycles. The van der Waals surface area contributed by atoms with Gasteiger partial charge in [0.1, 0.15) is 0 Å². The summed E-state index contributed by atoms with van der Waals surface area (Å²) in [6.07, 6.45) is 3.59. The number of nitrogens with zero attached hydrogens (tertiary/aromatic N) is 2. The number of fused-ring (bicyclic) bond motifs is 1. The van der Waals surface area contributed by atoms with Gasteiger partial charge in [0.2, 0.25) is 5.91 Å². The van der Waals surface area contributed by atoms with Gasteiger partial charge in [-0.3, -0.25) is 9.59 Å². The lowest BCUT2D eigenvalue weighted by atomic mass is 10.0. The number of hydrogen-bond donors (Lipinski definition) is 2. The number of anilines is 1. The first-order valence-electron chi connectivity index (χ1n) is 8.99. The molecule has 2 amide bonds. The van der Waals surface area contributed by atoms with Crippen molar-refractivity contribution in [3.8, 4) is 11.3 Å². The van der Waals surface area contributed by atoms with Crippen LogP contribution in [0.5, 0.6) is 0 Å². The first-order valence-corrected chi connectivity index (χ1v) is 9.87. The molecule has 1 aliphatic rings. The monoisotopic (exact) mass is 416 g/mol. The molecule has 2 N–H and O–H groups in total. The van der Waals surface area contributed by atoms with E-state index < -0.39 is 11.8 Å². The minimum Gasteiger partial charge on any atom is -0.356 e. The number of benzene rings is 1. The number of thiazole rings is 1. The van der Waals surface area contributed by atoms with E-state index in [2.05, 4.69) is 15.6 Å². The standard InChI is InChI=1S/C20H18F2N4O2S/c1-26-7-5-14(10-26)18(28)23-9-17(27)25-19-24-16(11-29-19)13-3-2-12-4-6-20(21,22)15(12)8-13/h2-3,5,7-8,10-11H,4,6,9H2,1H3,(H,23,28)(H,24,25,27). The lowest BCUT2D eigenvalue weighted by Gasteiger charge is -2.10. The molecule has 0 saturated carbocycles. The highest BCUT2D eigenvalue weighted by Crippen LogP contribution is 2.43. The fourth-order valence-corrected chi connectivity index (χ4v) is 3.98. The van der Waals surface area contributed by atoms with Gasteiger partial charge in [0.25, 0.3) is 11.8 Å². The van der Waals surface area contributed by atoms with Crippen LogP contribution in [0.25, 0.3) is 11.3 Å². The third-order valence-corrected chi connectivity index (χ3v) is 5.52. The van der Waals surface area contributed by atoms with Gasteiger partial charge < -0.3 is 15.2 Å². The Morgan fingerprint density at radius 1 is 1.31 bits per heavy atom. The van der Waals surface area contributed by atoms with E-state index in [4.69, 9.17) is 0 Å². The van der Waals surface area contributed by atoms with Gasteiger partial charge in [0.05, 0.1) is 17.8 Å². The zero-order valence-electron chi connectivity index (χ0n) is 15.5. The van der Waals surface area contributed by atoms with Crippen LogP contribution >= 0.6 is 11.3 Å². The molecule has 0 unspecified atom stereocenters. The lowest BCUT2D eigenvalue weighted by molar-refractivity contribution is -0.115. The van der Waals surface area contributed by atoms with E-state index >= 15 is 0 Å². The van der Waals surface area contributed by atoms with E-state index in [1.165, 1.54) is 17.4 Å². The first-order chi connectivity index (χ1) is 13.8. The minimum atomic E-state index is -2.81. The predicted octanol–water partition coefficient (Wildman–Crippen LogP) is 3.56. The SMILES string of the molecule is Cn1ccc(C(=O)NCC(=O)Nc2nc(-c3ccc4c(c3)C(F)(F)CC4)cs2)c1. The average Bonchev–Trinajstić information content (AvgIpc) is 3.39. The van der Waals surface area contributed by atoms with Crippen LogP contribution in [-0.2, 0) is 24.2 Å². The highest BCUT2D eigenvalue weighted by atomic mass is 32.1. The molecule has 9 heteroatoms. The Hall–Kier alpha value is -3.07. The quantitative estimate of drug-likeness (QED) is 0.668. The fraction of sp³-hybridized carbons (Fsp3) is 0.250. The maximum Gasteiger partial charge on any atom is 0.273 e. The van der Waals surface area contributed by atoms with Crippen molar-refractivity contribution in [1.82, 2.24) is 14.9 Å². The molecule has 2 aromatic heterocycles. The van der Waals surface area contributed by atoms with Crippen molar-refractivity contribution in [2.24, 2.45) is 7.05 Å². The molecule has 4 rings (SSSR count). The van der Waals surface area contributed by atoms with Gasteiger partial charge in [-0.05, 0) is 24.1 Å². The van der Waals surface area contributed by atoms with Crippen LogP contribution in [0.15, 0.2) is 42.0 Å². The molecule has 0 aliphatic heterocycles. The van der Waals surface area contributed by atoms with Gasteiger partial charge in [-0.15, -0.1) is 11.3 Å². The van der Waals surface area contributed by atoms with E-state index in [1.54, 1.807) is 47.6 Å². The third kappa shape index (κ3) is 4.04. The molecular weight excluding hydrogens is 398 g/mol. The zero-order chi connectivity index (χ0) is 20.6. The number of carbonyl (C=O) groups excluding carboxylic acids is 2. The summed E-state index contributed by atoms with van der Waals surface area (Å²) in [5.74, 6) is -3.58. The average molecular weight is 416 g/mol. The summed E-state index contributed by atoms with van der Waals surface area (Å²) in [5.41, 5.74) is 2.28. The number of rotatable bonds is 5. The van der Waals surface area contributed by atoms with Gasteiger partial charge in [-0.25, -0.2) is 13.8 Å². The zero-order valence-corrected chi connectivity index (χ0v) is 16.4. The maximum absolute atomic E-state index is 14.0. The molecule has 0 bridgehead atoms. The van der Waals surface area contributed by atoms with Gasteiger partial charge in [-0.2, -0.15) is 0 Å². The molecular formula is C20H18F2N4O2S. The van der Waals surface area contributed by atoms with Gasteiger partial charge >= 0.3 is 0 Å². The lowest BCUT2D eigenvalue weighted by Crippen LogP contribution is -2.32. The number of halogens is 2. The number of nitrogens with one attached hydrogen (secondary N) is 2. The highest BCUT2D eigenvalue weighted by molar-refractivity contribution is 7.14. The molecule has 0 fully saturated rings. The summed E-state index contributed by atoms with van der Waals surface area (Å²) in [6, 6.07) is 6.60. The highest BCUT2D eigenvalue weighted by Gasteiger charge is 2.39. The second-order valence-corrected chi connectivity index (χ2v) is 7.77. The van der Waals surface area contributed by atoms with E-state index in [-0.39, 0.29) is 24.4 Å². The molecule has 1 aromatic carbocycles. The molecule has 6 nitrogen and oxygen atoms in total. The molecule has 0 spiro atoms. The van der Waals surface area contributed by atoms with Crippen molar-refractivity contribution in [2.45, 2.75) is 18.8 Å². The second kappa shape index (κ2) is 7.40. The summed E-state index contributed by atoms with van der Waals surface area (Å²) < 4.78 is 29.7. The first kappa shape index (κ1) is 19.3. The van der Waals surface area contributed by atoms with Gasteiger partial charge in [-0.1, -0.05) is 12.1 Å².